The lowest BCUT2D eigenvalue weighted by atomic mass is 9.86. The lowest BCUT2D eigenvalue weighted by molar-refractivity contribution is -0.138. The fourth-order valence-electron chi connectivity index (χ4n) is 4.03. The molecule has 28 heavy (non-hydrogen) atoms. The number of hydrogen-bond donors (Lipinski definition) is 0. The van der Waals surface area contributed by atoms with E-state index in [0.29, 0.717) is 48.5 Å². The molecule has 4 rings (SSSR count). The molecule has 7 heteroatoms. The zero-order valence-electron chi connectivity index (χ0n) is 15.0. The molecule has 1 saturated heterocycles. The molecule has 1 aliphatic heterocycles. The van der Waals surface area contributed by atoms with Crippen LogP contribution in [0.1, 0.15) is 41.1 Å². The molecule has 1 aromatic heterocycles. The third-order valence-corrected chi connectivity index (χ3v) is 5.63. The van der Waals surface area contributed by atoms with Crippen molar-refractivity contribution in [2.45, 2.75) is 31.4 Å². The van der Waals surface area contributed by atoms with Crippen LogP contribution >= 0.6 is 11.6 Å². The van der Waals surface area contributed by atoms with Crippen molar-refractivity contribution in [1.29, 1.82) is 0 Å². The third-order valence-electron chi connectivity index (χ3n) is 5.42. The van der Waals surface area contributed by atoms with Crippen LogP contribution in [0.25, 0.3) is 6.08 Å². The molecule has 146 valence electrons. The number of fused-ring (bicyclic) bond motifs is 1. The van der Waals surface area contributed by atoms with Crippen LogP contribution in [0.4, 0.5) is 13.2 Å². The summed E-state index contributed by atoms with van der Waals surface area (Å²) >= 11 is 5.96. The number of carbonyl (C=O) groups excluding carboxylic acids is 1. The maximum absolute atomic E-state index is 13.3. The van der Waals surface area contributed by atoms with Crippen LogP contribution in [0.3, 0.4) is 0 Å². The number of pyridine rings is 1. The zero-order valence-corrected chi connectivity index (χ0v) is 15.7. The summed E-state index contributed by atoms with van der Waals surface area (Å²) in [5.74, 6) is -0.270. The summed E-state index contributed by atoms with van der Waals surface area (Å²) in [6, 6.07) is 7.54. The van der Waals surface area contributed by atoms with Gasteiger partial charge >= 0.3 is 6.18 Å². The van der Waals surface area contributed by atoms with Gasteiger partial charge in [0.2, 0.25) is 5.91 Å². The summed E-state index contributed by atoms with van der Waals surface area (Å²) in [6.07, 6.45) is 0.482. The zero-order chi connectivity index (χ0) is 19.9. The molecular formula is C21H18ClF3N2O. The predicted molar refractivity (Wildman–Crippen MR) is 101 cm³/mol. The van der Waals surface area contributed by atoms with E-state index < -0.39 is 11.7 Å². The van der Waals surface area contributed by atoms with Crippen LogP contribution in [0.15, 0.2) is 42.1 Å². The molecule has 2 aliphatic rings. The number of nitrogens with zero attached hydrogens (tertiary/aromatic N) is 2. The van der Waals surface area contributed by atoms with Gasteiger partial charge in [-0.2, -0.15) is 13.2 Å². The summed E-state index contributed by atoms with van der Waals surface area (Å²) in [4.78, 5) is 18.8. The normalized spacial score (nSPS) is 17.4. The fraction of sp³-hybridized carbons (Fsp3) is 0.333. The Morgan fingerprint density at radius 1 is 1.18 bits per heavy atom. The number of alkyl halides is 3. The number of piperidine rings is 1. The second-order valence-electron chi connectivity index (χ2n) is 7.20. The largest absolute Gasteiger partial charge is 0.416 e. The Bertz CT molecular complexity index is 947. The number of halogens is 4. The molecule has 0 radical (unpaired) electrons. The number of rotatable bonds is 2. The molecule has 2 heterocycles. The summed E-state index contributed by atoms with van der Waals surface area (Å²) < 4.78 is 39.9. The highest BCUT2D eigenvalue weighted by Gasteiger charge is 2.36. The van der Waals surface area contributed by atoms with E-state index in [1.54, 1.807) is 35.4 Å². The summed E-state index contributed by atoms with van der Waals surface area (Å²) in [5, 5.41) is 0.532. The van der Waals surface area contributed by atoms with E-state index in [9.17, 15) is 18.0 Å². The van der Waals surface area contributed by atoms with Gasteiger partial charge in [0, 0.05) is 31.3 Å². The van der Waals surface area contributed by atoms with Crippen LogP contribution in [-0.2, 0) is 17.4 Å². The van der Waals surface area contributed by atoms with Crippen molar-refractivity contribution in [3.63, 3.8) is 0 Å². The first-order chi connectivity index (χ1) is 13.3. The molecule has 0 bridgehead atoms. The highest BCUT2D eigenvalue weighted by atomic mass is 35.5. The molecule has 0 unspecified atom stereocenters. The Kier molecular flexibility index (Phi) is 4.91. The molecule has 0 N–H and O–H groups in total. The predicted octanol–water partition coefficient (Wildman–Crippen LogP) is 5.10. The summed E-state index contributed by atoms with van der Waals surface area (Å²) in [6.45, 7) is 0.884. The summed E-state index contributed by atoms with van der Waals surface area (Å²) in [7, 11) is 0. The lowest BCUT2D eigenvalue weighted by Crippen LogP contribution is -2.39. The molecule has 1 aromatic carbocycles. The van der Waals surface area contributed by atoms with E-state index in [2.05, 4.69) is 4.98 Å². The lowest BCUT2D eigenvalue weighted by Gasteiger charge is -2.33. The van der Waals surface area contributed by atoms with Gasteiger partial charge < -0.3 is 4.90 Å². The minimum Gasteiger partial charge on any atom is -0.339 e. The van der Waals surface area contributed by atoms with Gasteiger partial charge in [0.1, 0.15) is 0 Å². The van der Waals surface area contributed by atoms with Crippen molar-refractivity contribution in [2.24, 2.45) is 0 Å². The van der Waals surface area contributed by atoms with Crippen molar-refractivity contribution in [3.8, 4) is 0 Å². The standard InChI is InChI=1S/C21H18ClF3N2O/c22-16-10-14-9-15(11-19(14)26-12-16)20(28)27-7-5-13(6-8-27)17-3-1-2-4-18(17)21(23,24)25/h1-4,10-13H,5-9H2. The van der Waals surface area contributed by atoms with E-state index >= 15 is 0 Å². The average Bonchev–Trinajstić information content (AvgIpc) is 3.10. The quantitative estimate of drug-likeness (QED) is 0.695. The smallest absolute Gasteiger partial charge is 0.339 e. The second-order valence-corrected chi connectivity index (χ2v) is 7.63. The van der Waals surface area contributed by atoms with Gasteiger partial charge in [0.15, 0.2) is 0 Å². The number of carbonyl (C=O) groups is 1. The fourth-order valence-corrected chi connectivity index (χ4v) is 4.21. The third kappa shape index (κ3) is 3.65. The maximum Gasteiger partial charge on any atom is 0.416 e. The van der Waals surface area contributed by atoms with E-state index in [0.717, 1.165) is 17.3 Å². The van der Waals surface area contributed by atoms with Gasteiger partial charge in [-0.3, -0.25) is 9.78 Å². The van der Waals surface area contributed by atoms with Crippen LogP contribution in [-0.4, -0.2) is 28.9 Å². The molecule has 2 aromatic rings. The Morgan fingerprint density at radius 3 is 2.61 bits per heavy atom. The molecule has 3 nitrogen and oxygen atoms in total. The van der Waals surface area contributed by atoms with Crippen molar-refractivity contribution in [3.05, 3.63) is 69.5 Å². The molecule has 0 spiro atoms. The summed E-state index contributed by atoms with van der Waals surface area (Å²) in [5.41, 5.74) is 2.08. The Morgan fingerprint density at radius 2 is 1.89 bits per heavy atom. The first kappa shape index (κ1) is 19.0. The number of likely N-dealkylation sites (tertiary alicyclic amines) is 1. The van der Waals surface area contributed by atoms with Gasteiger partial charge in [-0.25, -0.2) is 0 Å². The van der Waals surface area contributed by atoms with E-state index in [-0.39, 0.29) is 11.8 Å². The van der Waals surface area contributed by atoms with Crippen molar-refractivity contribution in [1.82, 2.24) is 9.88 Å². The number of amides is 1. The molecule has 0 atom stereocenters. The monoisotopic (exact) mass is 406 g/mol. The number of hydrogen-bond acceptors (Lipinski definition) is 2. The minimum absolute atomic E-state index is 0.0725. The Balaban J connectivity index is 1.44. The minimum atomic E-state index is -4.36. The Hall–Kier alpha value is -2.34. The topological polar surface area (TPSA) is 33.2 Å². The van der Waals surface area contributed by atoms with Gasteiger partial charge in [0.25, 0.3) is 0 Å². The number of benzene rings is 1. The maximum atomic E-state index is 13.3. The van der Waals surface area contributed by atoms with Gasteiger partial charge in [-0.1, -0.05) is 29.8 Å². The molecule has 0 saturated carbocycles. The highest BCUT2D eigenvalue weighted by Crippen LogP contribution is 2.39. The van der Waals surface area contributed by atoms with E-state index in [1.807, 2.05) is 0 Å². The van der Waals surface area contributed by atoms with E-state index in [4.69, 9.17) is 11.6 Å². The average molecular weight is 407 g/mol. The molecule has 1 amide bonds. The van der Waals surface area contributed by atoms with Crippen LogP contribution in [0.2, 0.25) is 5.02 Å². The van der Waals surface area contributed by atoms with Crippen LogP contribution in [0, 0.1) is 0 Å². The molecule has 1 fully saturated rings. The van der Waals surface area contributed by atoms with Gasteiger partial charge in [-0.05, 0) is 48.1 Å². The second kappa shape index (κ2) is 7.24. The first-order valence-corrected chi connectivity index (χ1v) is 9.51. The van der Waals surface area contributed by atoms with Gasteiger partial charge in [0.05, 0.1) is 16.3 Å². The van der Waals surface area contributed by atoms with Crippen LogP contribution < -0.4 is 0 Å². The van der Waals surface area contributed by atoms with E-state index in [1.165, 1.54) is 6.07 Å². The molecule has 1 aliphatic carbocycles. The Labute approximate surface area is 165 Å². The van der Waals surface area contributed by atoms with Crippen molar-refractivity contribution >= 4 is 23.6 Å². The molecular weight excluding hydrogens is 389 g/mol. The first-order valence-electron chi connectivity index (χ1n) is 9.13. The van der Waals surface area contributed by atoms with Crippen molar-refractivity contribution < 1.29 is 18.0 Å². The highest BCUT2D eigenvalue weighted by molar-refractivity contribution is 6.30. The SMILES string of the molecule is O=C(C1=Cc2ncc(Cl)cc2C1)N1CCC(c2ccccc2C(F)(F)F)CC1. The van der Waals surface area contributed by atoms with Gasteiger partial charge in [-0.15, -0.1) is 0 Å². The van der Waals surface area contributed by atoms with Crippen LogP contribution in [0.5, 0.6) is 0 Å². The number of aromatic nitrogens is 1. The van der Waals surface area contributed by atoms with Crippen molar-refractivity contribution in [2.75, 3.05) is 13.1 Å².